The van der Waals surface area contributed by atoms with Gasteiger partial charge in [-0.3, -0.25) is 4.79 Å². The molecule has 0 saturated heterocycles. The maximum atomic E-state index is 10.8. The molecule has 15 heavy (non-hydrogen) atoms. The van der Waals surface area contributed by atoms with Crippen molar-refractivity contribution in [2.45, 2.75) is 25.3 Å². The molecule has 0 fully saturated rings. The van der Waals surface area contributed by atoms with E-state index in [1.165, 1.54) is 5.56 Å². The van der Waals surface area contributed by atoms with Gasteiger partial charge in [0.1, 0.15) is 6.29 Å². The molecule has 82 valence electrons. The van der Waals surface area contributed by atoms with E-state index < -0.39 is 5.54 Å². The van der Waals surface area contributed by atoms with Crippen LogP contribution in [0.2, 0.25) is 0 Å². The van der Waals surface area contributed by atoms with Gasteiger partial charge in [0.2, 0.25) is 6.41 Å². The van der Waals surface area contributed by atoms with Crippen LogP contribution in [0.5, 0.6) is 0 Å². The maximum absolute atomic E-state index is 10.8. The molecule has 0 aliphatic rings. The summed E-state index contributed by atoms with van der Waals surface area (Å²) in [5.74, 6) is 0. The average Bonchev–Trinajstić information content (AvgIpc) is 2.28. The van der Waals surface area contributed by atoms with Crippen LogP contribution in [0.1, 0.15) is 20.3 Å². The largest absolute Gasteiger partial charge is 0.347 e. The highest BCUT2D eigenvalue weighted by molar-refractivity contribution is 5.68. The zero-order chi connectivity index (χ0) is 11.1. The molecule has 3 nitrogen and oxygen atoms in total. The van der Waals surface area contributed by atoms with E-state index in [1.54, 1.807) is 6.92 Å². The molecular formula is C12H17NO2. The number of benzene rings is 1. The van der Waals surface area contributed by atoms with Crippen LogP contribution in [-0.2, 0) is 16.0 Å². The van der Waals surface area contributed by atoms with Gasteiger partial charge in [0.05, 0.1) is 5.54 Å². The van der Waals surface area contributed by atoms with Crippen molar-refractivity contribution in [3.63, 3.8) is 0 Å². The fourth-order valence-corrected chi connectivity index (χ4v) is 1.35. The maximum Gasteiger partial charge on any atom is 0.207 e. The number of aldehydes is 1. The SMILES string of the molecule is C[C@@](C=O)(CCc1ccccc1)NC=O.[HH]. The number of hydrogen-bond acceptors (Lipinski definition) is 2. The molecule has 0 heterocycles. The van der Waals surface area contributed by atoms with E-state index >= 15 is 0 Å². The lowest BCUT2D eigenvalue weighted by Crippen LogP contribution is -2.43. The number of amides is 1. The number of carbonyl (C=O) groups is 2. The Morgan fingerprint density at radius 3 is 2.53 bits per heavy atom. The van der Waals surface area contributed by atoms with Crippen molar-refractivity contribution >= 4 is 12.7 Å². The minimum Gasteiger partial charge on any atom is -0.347 e. The number of hydrogen-bond donors (Lipinski definition) is 1. The Kier molecular flexibility index (Phi) is 4.03. The minimum atomic E-state index is -0.752. The number of carbonyl (C=O) groups excluding carboxylic acids is 2. The van der Waals surface area contributed by atoms with Gasteiger partial charge < -0.3 is 10.1 Å². The van der Waals surface area contributed by atoms with E-state index in [4.69, 9.17) is 0 Å². The summed E-state index contributed by atoms with van der Waals surface area (Å²) in [6.45, 7) is 1.72. The first-order valence-corrected chi connectivity index (χ1v) is 4.92. The van der Waals surface area contributed by atoms with Gasteiger partial charge >= 0.3 is 0 Å². The molecule has 1 N–H and O–H groups in total. The standard InChI is InChI=1S/C12H15NO2.H2/c1-12(9-14,13-10-15)8-7-11-5-3-2-4-6-11;/h2-6,9-10H,7-8H2,1H3,(H,13,15);1H/t12-;/m0./s1. The van der Waals surface area contributed by atoms with E-state index in [9.17, 15) is 9.59 Å². The molecule has 0 unspecified atom stereocenters. The van der Waals surface area contributed by atoms with Gasteiger partial charge in [0, 0.05) is 1.43 Å². The molecule has 0 spiro atoms. The Balaban J connectivity index is 0.00000225. The normalized spacial score (nSPS) is 13.9. The highest BCUT2D eigenvalue weighted by atomic mass is 16.1. The second-order valence-electron chi connectivity index (χ2n) is 3.78. The van der Waals surface area contributed by atoms with E-state index in [0.29, 0.717) is 12.8 Å². The summed E-state index contributed by atoms with van der Waals surface area (Å²) in [6.07, 6.45) is 2.74. The predicted octanol–water partition coefficient (Wildman–Crippen LogP) is 1.57. The van der Waals surface area contributed by atoms with Crippen molar-refractivity contribution in [1.29, 1.82) is 0 Å². The van der Waals surface area contributed by atoms with Crippen LogP contribution in [0.3, 0.4) is 0 Å². The van der Waals surface area contributed by atoms with Crippen molar-refractivity contribution in [2.24, 2.45) is 0 Å². The molecule has 0 aromatic heterocycles. The Bertz CT molecular complexity index is 329. The second-order valence-corrected chi connectivity index (χ2v) is 3.78. The molecule has 3 heteroatoms. The summed E-state index contributed by atoms with van der Waals surface area (Å²) in [5, 5.41) is 2.53. The predicted molar refractivity (Wildman–Crippen MR) is 60.5 cm³/mol. The fraction of sp³-hybridized carbons (Fsp3) is 0.333. The third kappa shape index (κ3) is 3.54. The van der Waals surface area contributed by atoms with E-state index in [-0.39, 0.29) is 1.43 Å². The van der Waals surface area contributed by atoms with Crippen LogP contribution < -0.4 is 5.32 Å². The summed E-state index contributed by atoms with van der Waals surface area (Å²) < 4.78 is 0. The van der Waals surface area contributed by atoms with E-state index in [1.807, 2.05) is 30.3 Å². The molecule has 1 aromatic rings. The lowest BCUT2D eigenvalue weighted by Gasteiger charge is -2.21. The van der Waals surface area contributed by atoms with Crippen molar-refractivity contribution in [1.82, 2.24) is 5.32 Å². The molecule has 0 bridgehead atoms. The van der Waals surface area contributed by atoms with Gasteiger partial charge in [0.25, 0.3) is 0 Å². The number of nitrogens with one attached hydrogen (secondary N) is 1. The molecule has 1 rings (SSSR count). The summed E-state index contributed by atoms with van der Waals surface area (Å²) >= 11 is 0. The molecule has 1 amide bonds. The average molecular weight is 207 g/mol. The van der Waals surface area contributed by atoms with Crippen molar-refractivity contribution in [2.75, 3.05) is 0 Å². The lowest BCUT2D eigenvalue weighted by atomic mass is 9.95. The quantitative estimate of drug-likeness (QED) is 0.720. The van der Waals surface area contributed by atoms with Crippen LogP contribution in [0.25, 0.3) is 0 Å². The van der Waals surface area contributed by atoms with E-state index in [0.717, 1.165) is 12.7 Å². The minimum absolute atomic E-state index is 0. The van der Waals surface area contributed by atoms with Gasteiger partial charge in [-0.15, -0.1) is 0 Å². The zero-order valence-electron chi connectivity index (χ0n) is 8.77. The van der Waals surface area contributed by atoms with Crippen LogP contribution in [0.4, 0.5) is 0 Å². The highest BCUT2D eigenvalue weighted by Gasteiger charge is 2.21. The van der Waals surface area contributed by atoms with Gasteiger partial charge in [-0.25, -0.2) is 0 Å². The smallest absolute Gasteiger partial charge is 0.207 e. The van der Waals surface area contributed by atoms with Gasteiger partial charge in [0.15, 0.2) is 0 Å². The molecule has 1 atom stereocenters. The second kappa shape index (κ2) is 5.29. The highest BCUT2D eigenvalue weighted by Crippen LogP contribution is 2.11. The first kappa shape index (κ1) is 11.4. The van der Waals surface area contributed by atoms with Gasteiger partial charge in [-0.05, 0) is 25.3 Å². The lowest BCUT2D eigenvalue weighted by molar-refractivity contribution is -0.118. The van der Waals surface area contributed by atoms with Crippen LogP contribution >= 0.6 is 0 Å². The van der Waals surface area contributed by atoms with Crippen LogP contribution in [0.15, 0.2) is 30.3 Å². The third-order valence-electron chi connectivity index (χ3n) is 2.42. The van der Waals surface area contributed by atoms with Gasteiger partial charge in [-0.2, -0.15) is 0 Å². The fourth-order valence-electron chi connectivity index (χ4n) is 1.35. The Labute approximate surface area is 91.0 Å². The third-order valence-corrected chi connectivity index (χ3v) is 2.42. The Morgan fingerprint density at radius 2 is 2.00 bits per heavy atom. The van der Waals surface area contributed by atoms with E-state index in [2.05, 4.69) is 5.32 Å². The molecule has 0 radical (unpaired) electrons. The Hall–Kier alpha value is -1.64. The van der Waals surface area contributed by atoms with Gasteiger partial charge in [-0.1, -0.05) is 30.3 Å². The van der Waals surface area contributed by atoms with Crippen molar-refractivity contribution < 1.29 is 11.0 Å². The first-order chi connectivity index (χ1) is 7.20. The van der Waals surface area contributed by atoms with Crippen molar-refractivity contribution in [3.05, 3.63) is 35.9 Å². The molecule has 0 saturated carbocycles. The summed E-state index contributed by atoms with van der Waals surface area (Å²) in [5.41, 5.74) is 0.413. The Morgan fingerprint density at radius 1 is 1.33 bits per heavy atom. The molecule has 1 aromatic carbocycles. The van der Waals surface area contributed by atoms with Crippen molar-refractivity contribution in [3.8, 4) is 0 Å². The van der Waals surface area contributed by atoms with Crippen LogP contribution in [0, 0.1) is 0 Å². The topological polar surface area (TPSA) is 46.2 Å². The number of aryl methyl sites for hydroxylation is 1. The number of rotatable bonds is 6. The molecule has 0 aliphatic heterocycles. The molecular weight excluding hydrogens is 190 g/mol. The molecule has 0 aliphatic carbocycles. The summed E-state index contributed by atoms with van der Waals surface area (Å²) in [7, 11) is 0. The summed E-state index contributed by atoms with van der Waals surface area (Å²) in [6, 6.07) is 9.88. The summed E-state index contributed by atoms with van der Waals surface area (Å²) in [4.78, 5) is 21.1. The monoisotopic (exact) mass is 207 g/mol. The van der Waals surface area contributed by atoms with Crippen LogP contribution in [-0.4, -0.2) is 18.2 Å². The zero-order valence-corrected chi connectivity index (χ0v) is 8.77. The first-order valence-electron chi connectivity index (χ1n) is 4.92.